The van der Waals surface area contributed by atoms with Crippen LogP contribution in [-0.4, -0.2) is 7.05 Å². The summed E-state index contributed by atoms with van der Waals surface area (Å²) in [6.45, 7) is 2.18. The van der Waals surface area contributed by atoms with Gasteiger partial charge in [-0.3, -0.25) is 0 Å². The fraction of sp³-hybridized carbons (Fsp3) is 0.250. The van der Waals surface area contributed by atoms with Gasteiger partial charge in [-0.2, -0.15) is 0 Å². The Morgan fingerprint density at radius 2 is 1.89 bits per heavy atom. The molecule has 0 saturated heterocycles. The van der Waals surface area contributed by atoms with Gasteiger partial charge in [0.05, 0.1) is 0 Å². The number of nitrogens with one attached hydrogen (secondary N) is 1. The molecule has 0 spiro atoms. The zero-order valence-corrected chi connectivity index (χ0v) is 14.2. The fourth-order valence-corrected chi connectivity index (χ4v) is 3.07. The van der Waals surface area contributed by atoms with Crippen molar-refractivity contribution in [3.8, 4) is 0 Å². The Bertz CT molecular complexity index is 525. The maximum Gasteiger partial charge on any atom is 0.0289 e. The second kappa shape index (κ2) is 7.31. The van der Waals surface area contributed by atoms with Crippen LogP contribution < -0.4 is 5.32 Å². The summed E-state index contributed by atoms with van der Waals surface area (Å²) < 4.78 is 1.29. The molecule has 0 fully saturated rings. The minimum Gasteiger partial charge on any atom is -0.313 e. The summed E-state index contributed by atoms with van der Waals surface area (Å²) in [6, 6.07) is 17.9. The van der Waals surface area contributed by atoms with Crippen LogP contribution in [-0.2, 0) is 5.75 Å². The Kier molecular flexibility index (Phi) is 5.73. The van der Waals surface area contributed by atoms with E-state index in [0.29, 0.717) is 6.04 Å². The summed E-state index contributed by atoms with van der Waals surface area (Å²) >= 11 is 4.23. The van der Waals surface area contributed by atoms with Crippen molar-refractivity contribution < 1.29 is 0 Å². The van der Waals surface area contributed by atoms with E-state index < -0.39 is 0 Å². The second-order valence-corrected chi connectivity index (χ2v) is 6.79. The Labute approximate surface area is 133 Å². The van der Waals surface area contributed by atoms with Crippen LogP contribution in [0, 0.1) is 3.57 Å². The van der Waals surface area contributed by atoms with Gasteiger partial charge in [-0.05, 0) is 72.0 Å². The third-order valence-electron chi connectivity index (χ3n) is 3.11. The molecule has 3 heteroatoms. The SMILES string of the molecule is CNC(C)c1cccc(SCc2ccc(I)cc2)c1. The summed E-state index contributed by atoms with van der Waals surface area (Å²) in [6.07, 6.45) is 0. The summed E-state index contributed by atoms with van der Waals surface area (Å²) in [4.78, 5) is 1.33. The van der Waals surface area contributed by atoms with Crippen LogP contribution in [0.1, 0.15) is 24.1 Å². The molecule has 0 heterocycles. The first-order valence-corrected chi connectivity index (χ1v) is 8.40. The minimum absolute atomic E-state index is 0.402. The minimum atomic E-state index is 0.402. The number of hydrogen-bond donors (Lipinski definition) is 1. The lowest BCUT2D eigenvalue weighted by Gasteiger charge is -2.11. The van der Waals surface area contributed by atoms with E-state index in [1.807, 2.05) is 18.8 Å². The van der Waals surface area contributed by atoms with E-state index in [0.717, 1.165) is 5.75 Å². The van der Waals surface area contributed by atoms with Crippen molar-refractivity contribution in [3.05, 3.63) is 63.2 Å². The van der Waals surface area contributed by atoms with Crippen LogP contribution in [0.3, 0.4) is 0 Å². The highest BCUT2D eigenvalue weighted by molar-refractivity contribution is 14.1. The standard InChI is InChI=1S/C16H18INS/c1-12(18-2)14-4-3-5-16(10-14)19-11-13-6-8-15(17)9-7-13/h3-10,12,18H,11H2,1-2H3. The summed E-state index contributed by atoms with van der Waals surface area (Å²) in [7, 11) is 2.00. The van der Waals surface area contributed by atoms with Crippen LogP contribution in [0.5, 0.6) is 0 Å². The van der Waals surface area contributed by atoms with Gasteiger partial charge >= 0.3 is 0 Å². The van der Waals surface area contributed by atoms with Gasteiger partial charge in [-0.15, -0.1) is 11.8 Å². The maximum atomic E-state index is 3.28. The molecule has 19 heavy (non-hydrogen) atoms. The van der Waals surface area contributed by atoms with Gasteiger partial charge in [-0.1, -0.05) is 24.3 Å². The molecule has 0 amide bonds. The van der Waals surface area contributed by atoms with E-state index in [4.69, 9.17) is 0 Å². The molecule has 0 aliphatic heterocycles. The van der Waals surface area contributed by atoms with E-state index in [1.165, 1.54) is 19.6 Å². The topological polar surface area (TPSA) is 12.0 Å². The molecule has 2 aromatic rings. The number of hydrogen-bond acceptors (Lipinski definition) is 2. The third-order valence-corrected chi connectivity index (χ3v) is 4.89. The van der Waals surface area contributed by atoms with Gasteiger partial charge in [0.15, 0.2) is 0 Å². The lowest BCUT2D eigenvalue weighted by Crippen LogP contribution is -2.11. The molecule has 0 saturated carbocycles. The molecule has 1 unspecified atom stereocenters. The first kappa shape index (κ1) is 14.9. The zero-order chi connectivity index (χ0) is 13.7. The molecule has 1 atom stereocenters. The van der Waals surface area contributed by atoms with Gasteiger partial charge in [-0.25, -0.2) is 0 Å². The molecule has 2 aromatic carbocycles. The van der Waals surface area contributed by atoms with E-state index in [-0.39, 0.29) is 0 Å². The molecule has 0 radical (unpaired) electrons. The Morgan fingerprint density at radius 3 is 2.58 bits per heavy atom. The summed E-state index contributed by atoms with van der Waals surface area (Å²) in [5.41, 5.74) is 2.72. The first-order chi connectivity index (χ1) is 9.19. The molecule has 0 aromatic heterocycles. The van der Waals surface area contributed by atoms with Gasteiger partial charge in [0.25, 0.3) is 0 Å². The second-order valence-electron chi connectivity index (χ2n) is 4.50. The molecule has 1 nitrogen and oxygen atoms in total. The average Bonchev–Trinajstić information content (AvgIpc) is 2.46. The third kappa shape index (κ3) is 4.51. The largest absolute Gasteiger partial charge is 0.313 e. The normalized spacial score (nSPS) is 12.4. The van der Waals surface area contributed by atoms with Crippen molar-refractivity contribution in [2.75, 3.05) is 7.05 Å². The Hall–Kier alpha value is -0.520. The van der Waals surface area contributed by atoms with Gasteiger partial charge in [0.1, 0.15) is 0 Å². The van der Waals surface area contributed by atoms with Crippen LogP contribution in [0.15, 0.2) is 53.4 Å². The molecule has 100 valence electrons. The van der Waals surface area contributed by atoms with Crippen molar-refractivity contribution in [2.24, 2.45) is 0 Å². The van der Waals surface area contributed by atoms with Crippen LogP contribution >= 0.6 is 34.4 Å². The smallest absolute Gasteiger partial charge is 0.0289 e. The number of rotatable bonds is 5. The highest BCUT2D eigenvalue weighted by Crippen LogP contribution is 2.25. The molecule has 0 aliphatic rings. The van der Waals surface area contributed by atoms with Crippen molar-refractivity contribution in [1.82, 2.24) is 5.32 Å². The van der Waals surface area contributed by atoms with E-state index in [9.17, 15) is 0 Å². The van der Waals surface area contributed by atoms with Gasteiger partial charge < -0.3 is 5.32 Å². The fourth-order valence-electron chi connectivity index (χ4n) is 1.79. The van der Waals surface area contributed by atoms with Crippen molar-refractivity contribution in [1.29, 1.82) is 0 Å². The Morgan fingerprint density at radius 1 is 1.16 bits per heavy atom. The van der Waals surface area contributed by atoms with Crippen molar-refractivity contribution >= 4 is 34.4 Å². The van der Waals surface area contributed by atoms with Crippen LogP contribution in [0.4, 0.5) is 0 Å². The first-order valence-electron chi connectivity index (χ1n) is 6.33. The molecule has 0 aliphatic carbocycles. The lowest BCUT2D eigenvalue weighted by molar-refractivity contribution is 0.651. The van der Waals surface area contributed by atoms with E-state index >= 15 is 0 Å². The predicted octanol–water partition coefficient (Wildman–Crippen LogP) is 4.86. The Balaban J connectivity index is 2.01. The molecular weight excluding hydrogens is 365 g/mol. The summed E-state index contributed by atoms with van der Waals surface area (Å²) in [5, 5.41) is 3.28. The van der Waals surface area contributed by atoms with Gasteiger partial charge in [0.2, 0.25) is 0 Å². The summed E-state index contributed by atoms with van der Waals surface area (Å²) in [5.74, 6) is 1.02. The molecule has 2 rings (SSSR count). The highest BCUT2D eigenvalue weighted by Gasteiger charge is 2.03. The maximum absolute atomic E-state index is 3.28. The zero-order valence-electron chi connectivity index (χ0n) is 11.2. The van der Waals surface area contributed by atoms with Crippen LogP contribution in [0.25, 0.3) is 0 Å². The average molecular weight is 383 g/mol. The van der Waals surface area contributed by atoms with Crippen molar-refractivity contribution in [2.45, 2.75) is 23.6 Å². The van der Waals surface area contributed by atoms with E-state index in [2.05, 4.69) is 83.4 Å². The predicted molar refractivity (Wildman–Crippen MR) is 92.6 cm³/mol. The monoisotopic (exact) mass is 383 g/mol. The molecular formula is C16H18INS. The van der Waals surface area contributed by atoms with Crippen molar-refractivity contribution in [3.63, 3.8) is 0 Å². The molecule has 1 N–H and O–H groups in total. The number of halogens is 1. The van der Waals surface area contributed by atoms with E-state index in [1.54, 1.807) is 0 Å². The highest BCUT2D eigenvalue weighted by atomic mass is 127. The quantitative estimate of drug-likeness (QED) is 0.584. The van der Waals surface area contributed by atoms with Crippen LogP contribution in [0.2, 0.25) is 0 Å². The molecule has 0 bridgehead atoms. The number of thioether (sulfide) groups is 1. The van der Waals surface area contributed by atoms with Gasteiger partial charge in [0, 0.05) is 20.3 Å². The number of benzene rings is 2. The lowest BCUT2D eigenvalue weighted by atomic mass is 10.1.